The van der Waals surface area contributed by atoms with Gasteiger partial charge >= 0.3 is 5.97 Å². The van der Waals surface area contributed by atoms with Gasteiger partial charge in [-0.25, -0.2) is 4.79 Å². The van der Waals surface area contributed by atoms with Crippen LogP contribution in [0.3, 0.4) is 0 Å². The molecule has 20 heavy (non-hydrogen) atoms. The molecule has 0 heterocycles. The second-order valence-electron chi connectivity index (χ2n) is 8.53. The van der Waals surface area contributed by atoms with Crippen molar-refractivity contribution in [2.75, 3.05) is 0 Å². The van der Waals surface area contributed by atoms with Crippen LogP contribution in [0.1, 0.15) is 59.8 Å². The van der Waals surface area contributed by atoms with Crippen molar-refractivity contribution in [2.45, 2.75) is 71.0 Å². The van der Waals surface area contributed by atoms with E-state index in [1.807, 2.05) is 0 Å². The zero-order valence-electron chi connectivity index (χ0n) is 13.1. The Morgan fingerprint density at radius 2 is 1.85 bits per heavy atom. The molecule has 0 aliphatic heterocycles. The van der Waals surface area contributed by atoms with E-state index in [1.54, 1.807) is 6.92 Å². The van der Waals surface area contributed by atoms with E-state index in [1.165, 1.54) is 0 Å². The summed E-state index contributed by atoms with van der Waals surface area (Å²) in [6.07, 6.45) is 4.26. The summed E-state index contributed by atoms with van der Waals surface area (Å²) in [5.74, 6) is -0.0263. The molecule has 0 spiro atoms. The summed E-state index contributed by atoms with van der Waals surface area (Å²) in [5.41, 5.74) is -0.587. The lowest BCUT2D eigenvalue weighted by Crippen LogP contribution is -2.70. The van der Waals surface area contributed by atoms with Crippen LogP contribution in [0.5, 0.6) is 0 Å². The van der Waals surface area contributed by atoms with Crippen LogP contribution in [-0.2, 0) is 9.53 Å². The van der Waals surface area contributed by atoms with Gasteiger partial charge in [-0.2, -0.15) is 0 Å². The lowest BCUT2D eigenvalue weighted by atomic mass is 9.39. The third kappa shape index (κ3) is 1.78. The molecule has 0 saturated heterocycles. The fraction of sp³-hybridized carbons (Fsp3) is 0.824. The van der Waals surface area contributed by atoms with E-state index in [4.69, 9.17) is 4.74 Å². The number of esters is 1. The van der Waals surface area contributed by atoms with E-state index in [9.17, 15) is 9.90 Å². The van der Waals surface area contributed by atoms with Gasteiger partial charge in [0.05, 0.1) is 5.60 Å². The molecular formula is C17H26O3. The summed E-state index contributed by atoms with van der Waals surface area (Å²) < 4.78 is 5.92. The van der Waals surface area contributed by atoms with Gasteiger partial charge in [-0.1, -0.05) is 27.4 Å². The van der Waals surface area contributed by atoms with Crippen molar-refractivity contribution in [1.82, 2.24) is 0 Å². The minimum atomic E-state index is -0.665. The van der Waals surface area contributed by atoms with Crippen LogP contribution in [0.15, 0.2) is 12.2 Å². The molecule has 0 amide bonds. The van der Waals surface area contributed by atoms with Gasteiger partial charge in [0, 0.05) is 17.9 Å². The number of carbonyl (C=O) groups is 1. The SMILES string of the molecule is C=C(C)C(=O)OC12CC3(C)CC(O)(CC(C)(C3)C1C)C2. The Morgan fingerprint density at radius 3 is 2.40 bits per heavy atom. The molecule has 112 valence electrons. The number of ether oxygens (including phenoxy) is 1. The molecule has 4 saturated carbocycles. The average Bonchev–Trinajstić information content (AvgIpc) is 2.21. The van der Waals surface area contributed by atoms with E-state index in [-0.39, 0.29) is 22.7 Å². The zero-order valence-corrected chi connectivity index (χ0v) is 13.1. The quantitative estimate of drug-likeness (QED) is 0.623. The Balaban J connectivity index is 2.02. The second kappa shape index (κ2) is 3.68. The first-order chi connectivity index (χ1) is 9.02. The number of hydrogen-bond donors (Lipinski definition) is 1. The minimum absolute atomic E-state index is 0.0631. The summed E-state index contributed by atoms with van der Waals surface area (Å²) in [7, 11) is 0. The number of rotatable bonds is 2. The minimum Gasteiger partial charge on any atom is -0.455 e. The van der Waals surface area contributed by atoms with Crippen LogP contribution in [0.25, 0.3) is 0 Å². The first-order valence-electron chi connectivity index (χ1n) is 7.63. The maximum Gasteiger partial charge on any atom is 0.333 e. The van der Waals surface area contributed by atoms with Gasteiger partial charge in [0.1, 0.15) is 5.60 Å². The lowest BCUT2D eigenvalue weighted by molar-refractivity contribution is -0.285. The molecule has 4 rings (SSSR count). The monoisotopic (exact) mass is 278 g/mol. The second-order valence-corrected chi connectivity index (χ2v) is 8.53. The summed E-state index contributed by atoms with van der Waals surface area (Å²) in [5, 5.41) is 11.0. The Kier molecular flexibility index (Phi) is 2.60. The first kappa shape index (κ1) is 14.1. The Hall–Kier alpha value is -0.830. The van der Waals surface area contributed by atoms with Crippen LogP contribution in [-0.4, -0.2) is 22.3 Å². The van der Waals surface area contributed by atoms with Crippen LogP contribution in [0.2, 0.25) is 0 Å². The van der Waals surface area contributed by atoms with E-state index < -0.39 is 11.2 Å². The molecule has 5 unspecified atom stereocenters. The van der Waals surface area contributed by atoms with Gasteiger partial charge in [-0.15, -0.1) is 0 Å². The van der Waals surface area contributed by atoms with Gasteiger partial charge in [0.15, 0.2) is 0 Å². The predicted molar refractivity (Wildman–Crippen MR) is 77.0 cm³/mol. The molecule has 0 radical (unpaired) electrons. The van der Waals surface area contributed by atoms with Crippen molar-refractivity contribution in [3.8, 4) is 0 Å². The molecule has 0 aromatic heterocycles. The number of carbonyl (C=O) groups excluding carboxylic acids is 1. The lowest BCUT2D eigenvalue weighted by Gasteiger charge is -2.70. The maximum atomic E-state index is 12.1. The topological polar surface area (TPSA) is 46.5 Å². The van der Waals surface area contributed by atoms with E-state index in [0.717, 1.165) is 25.7 Å². The van der Waals surface area contributed by atoms with E-state index in [0.29, 0.717) is 12.0 Å². The number of hydrogen-bond acceptors (Lipinski definition) is 3. The van der Waals surface area contributed by atoms with E-state index in [2.05, 4.69) is 27.4 Å². The highest BCUT2D eigenvalue weighted by Gasteiger charge is 2.70. The number of aliphatic hydroxyl groups is 1. The molecule has 4 aliphatic carbocycles. The van der Waals surface area contributed by atoms with Gasteiger partial charge < -0.3 is 9.84 Å². The van der Waals surface area contributed by atoms with Gasteiger partial charge in [0.2, 0.25) is 0 Å². The van der Waals surface area contributed by atoms with Crippen molar-refractivity contribution in [1.29, 1.82) is 0 Å². The predicted octanol–water partition coefficient (Wildman–Crippen LogP) is 3.22. The molecule has 5 atom stereocenters. The Labute approximate surface area is 121 Å². The molecule has 1 N–H and O–H groups in total. The van der Waals surface area contributed by atoms with Crippen molar-refractivity contribution in [3.05, 3.63) is 12.2 Å². The van der Waals surface area contributed by atoms with Crippen molar-refractivity contribution < 1.29 is 14.6 Å². The molecule has 3 nitrogen and oxygen atoms in total. The summed E-state index contributed by atoms with van der Waals surface area (Å²) in [6, 6.07) is 0. The smallest absolute Gasteiger partial charge is 0.333 e. The normalized spacial score (nSPS) is 53.0. The maximum absolute atomic E-state index is 12.1. The van der Waals surface area contributed by atoms with Crippen LogP contribution >= 0.6 is 0 Å². The van der Waals surface area contributed by atoms with Crippen LogP contribution in [0, 0.1) is 16.7 Å². The summed E-state index contributed by atoms with van der Waals surface area (Å²) in [4.78, 5) is 12.1. The fourth-order valence-corrected chi connectivity index (χ4v) is 5.98. The fourth-order valence-electron chi connectivity index (χ4n) is 5.98. The Morgan fingerprint density at radius 1 is 1.20 bits per heavy atom. The first-order valence-corrected chi connectivity index (χ1v) is 7.63. The zero-order chi connectivity index (χ0) is 15.0. The molecule has 3 heteroatoms. The average molecular weight is 278 g/mol. The van der Waals surface area contributed by atoms with Gasteiger partial charge in [-0.3, -0.25) is 0 Å². The van der Waals surface area contributed by atoms with Crippen molar-refractivity contribution in [2.24, 2.45) is 16.7 Å². The van der Waals surface area contributed by atoms with Crippen molar-refractivity contribution in [3.63, 3.8) is 0 Å². The molecule has 4 aliphatic rings. The highest BCUT2D eigenvalue weighted by atomic mass is 16.6. The molecule has 0 aromatic carbocycles. The third-order valence-corrected chi connectivity index (χ3v) is 6.15. The third-order valence-electron chi connectivity index (χ3n) is 6.15. The molecule has 0 aromatic rings. The molecule has 4 bridgehead atoms. The standard InChI is InChI=1S/C17H26O3/c1-11(2)13(18)20-17-8-14(4)6-15(5,12(17)3)9-16(19,7-14)10-17/h12,19H,1,6-10H2,2-5H3. The van der Waals surface area contributed by atoms with Crippen molar-refractivity contribution >= 4 is 5.97 Å². The Bertz CT molecular complexity index is 474. The van der Waals surface area contributed by atoms with Gasteiger partial charge in [0.25, 0.3) is 0 Å². The summed E-state index contributed by atoms with van der Waals surface area (Å²) >= 11 is 0. The van der Waals surface area contributed by atoms with Gasteiger partial charge in [-0.05, 0) is 43.4 Å². The van der Waals surface area contributed by atoms with E-state index >= 15 is 0 Å². The summed E-state index contributed by atoms with van der Waals surface area (Å²) in [6.45, 7) is 12.1. The molecular weight excluding hydrogens is 252 g/mol. The van der Waals surface area contributed by atoms with Crippen LogP contribution in [0.4, 0.5) is 0 Å². The highest BCUT2D eigenvalue weighted by molar-refractivity contribution is 5.87. The van der Waals surface area contributed by atoms with Crippen LogP contribution < -0.4 is 0 Å². The highest BCUT2D eigenvalue weighted by Crippen LogP contribution is 2.70. The molecule has 4 fully saturated rings. The largest absolute Gasteiger partial charge is 0.455 e.